The van der Waals surface area contributed by atoms with Gasteiger partial charge >= 0.3 is 0 Å². The molecule has 6 nitrogen and oxygen atoms in total. The van der Waals surface area contributed by atoms with Crippen LogP contribution in [0.4, 0.5) is 0 Å². The molecule has 2 aromatic rings. The quantitative estimate of drug-likeness (QED) is 0.826. The van der Waals surface area contributed by atoms with Crippen LogP contribution in [0.5, 0.6) is 0 Å². The van der Waals surface area contributed by atoms with Gasteiger partial charge in [-0.25, -0.2) is 13.1 Å². The monoisotopic (exact) mass is 287 g/mol. The first-order valence-electron chi connectivity index (χ1n) is 5.23. The first kappa shape index (κ1) is 13.2. The average Bonchev–Trinajstić information content (AvgIpc) is 2.98. The van der Waals surface area contributed by atoms with Crippen LogP contribution in [0.15, 0.2) is 32.4 Å². The number of nitrogens with zero attached hydrogens (tertiary/aromatic N) is 1. The summed E-state index contributed by atoms with van der Waals surface area (Å²) in [5.74, 6) is 0.477. The van der Waals surface area contributed by atoms with Gasteiger partial charge < -0.3 is 9.84 Å². The molecular formula is C10H13N3O3S2. The lowest BCUT2D eigenvalue weighted by molar-refractivity contribution is 0.380. The summed E-state index contributed by atoms with van der Waals surface area (Å²) in [5, 5.41) is 8.30. The number of hydrogen-bond donors (Lipinski definition) is 2. The smallest absolute Gasteiger partial charge is 0.250 e. The van der Waals surface area contributed by atoms with Gasteiger partial charge in [0, 0.05) is 12.6 Å². The molecule has 98 valence electrons. The molecule has 0 fully saturated rings. The highest BCUT2D eigenvalue weighted by atomic mass is 32.2. The van der Waals surface area contributed by atoms with E-state index in [0.29, 0.717) is 16.5 Å². The topological polar surface area (TPSA) is 84.2 Å². The standard InChI is InChI=1S/C10H13N3O3S2/c1-11-5-8-4-10(17-7-8)18(14,15)13-6-9-2-3-12-16-9/h2-4,7,11,13H,5-6H2,1H3. The van der Waals surface area contributed by atoms with Crippen molar-refractivity contribution in [2.75, 3.05) is 7.05 Å². The van der Waals surface area contributed by atoms with Crippen molar-refractivity contribution in [1.82, 2.24) is 15.2 Å². The molecule has 0 aliphatic carbocycles. The molecule has 2 heterocycles. The number of thiophene rings is 1. The van der Waals surface area contributed by atoms with Gasteiger partial charge in [0.2, 0.25) is 10.0 Å². The number of aromatic nitrogens is 1. The number of nitrogens with one attached hydrogen (secondary N) is 2. The van der Waals surface area contributed by atoms with Crippen molar-refractivity contribution in [3.63, 3.8) is 0 Å². The Labute approximate surface area is 109 Å². The van der Waals surface area contributed by atoms with E-state index in [0.717, 1.165) is 5.56 Å². The third kappa shape index (κ3) is 3.16. The molecule has 0 atom stereocenters. The minimum absolute atomic E-state index is 0.0988. The molecule has 0 bridgehead atoms. The molecule has 2 rings (SSSR count). The minimum Gasteiger partial charge on any atom is -0.360 e. The fourth-order valence-corrected chi connectivity index (χ4v) is 3.61. The highest BCUT2D eigenvalue weighted by molar-refractivity contribution is 7.91. The number of rotatable bonds is 6. The maximum Gasteiger partial charge on any atom is 0.250 e. The van der Waals surface area contributed by atoms with Gasteiger partial charge in [0.1, 0.15) is 4.21 Å². The van der Waals surface area contributed by atoms with Crippen LogP contribution in [-0.4, -0.2) is 20.6 Å². The SMILES string of the molecule is CNCc1csc(S(=O)(=O)NCc2ccno2)c1. The van der Waals surface area contributed by atoms with Gasteiger partial charge in [0.15, 0.2) is 5.76 Å². The second-order valence-electron chi connectivity index (χ2n) is 3.61. The molecule has 0 spiro atoms. The summed E-state index contributed by atoms with van der Waals surface area (Å²) in [4.78, 5) is 0. The molecule has 8 heteroatoms. The lowest BCUT2D eigenvalue weighted by Gasteiger charge is -2.01. The Kier molecular flexibility index (Phi) is 4.12. The summed E-state index contributed by atoms with van der Waals surface area (Å²) in [5.41, 5.74) is 0.947. The van der Waals surface area contributed by atoms with E-state index in [-0.39, 0.29) is 6.54 Å². The second kappa shape index (κ2) is 5.61. The Morgan fingerprint density at radius 3 is 2.94 bits per heavy atom. The Morgan fingerprint density at radius 2 is 2.28 bits per heavy atom. The van der Waals surface area contributed by atoms with Crippen LogP contribution in [0, 0.1) is 0 Å². The number of hydrogen-bond acceptors (Lipinski definition) is 6. The Balaban J connectivity index is 2.05. The zero-order valence-electron chi connectivity index (χ0n) is 9.71. The Bertz CT molecular complexity index is 590. The summed E-state index contributed by atoms with van der Waals surface area (Å²) in [7, 11) is -1.67. The minimum atomic E-state index is -3.48. The normalized spacial score (nSPS) is 11.8. The van der Waals surface area contributed by atoms with Gasteiger partial charge in [0.05, 0.1) is 12.7 Å². The first-order valence-corrected chi connectivity index (χ1v) is 7.59. The summed E-state index contributed by atoms with van der Waals surface area (Å²) in [6.45, 7) is 0.746. The summed E-state index contributed by atoms with van der Waals surface area (Å²) < 4.78 is 31.5. The van der Waals surface area contributed by atoms with E-state index in [4.69, 9.17) is 4.52 Å². The summed E-state index contributed by atoms with van der Waals surface area (Å²) in [6, 6.07) is 3.27. The molecule has 18 heavy (non-hydrogen) atoms. The van der Waals surface area contributed by atoms with E-state index in [1.54, 1.807) is 12.1 Å². The lowest BCUT2D eigenvalue weighted by atomic mass is 10.3. The second-order valence-corrected chi connectivity index (χ2v) is 6.51. The highest BCUT2D eigenvalue weighted by Crippen LogP contribution is 2.20. The van der Waals surface area contributed by atoms with Gasteiger partial charge in [-0.1, -0.05) is 5.16 Å². The maximum absolute atomic E-state index is 12.0. The molecular weight excluding hydrogens is 274 g/mol. The third-order valence-corrected chi connectivity index (χ3v) is 5.09. The van der Waals surface area contributed by atoms with Crippen molar-refractivity contribution >= 4 is 21.4 Å². The molecule has 0 aliphatic heterocycles. The number of sulfonamides is 1. The highest BCUT2D eigenvalue weighted by Gasteiger charge is 2.17. The average molecular weight is 287 g/mol. The van der Waals surface area contributed by atoms with E-state index < -0.39 is 10.0 Å². The van der Waals surface area contributed by atoms with Crippen LogP contribution in [0.25, 0.3) is 0 Å². The van der Waals surface area contributed by atoms with Gasteiger partial charge in [-0.05, 0) is 24.1 Å². The lowest BCUT2D eigenvalue weighted by Crippen LogP contribution is -2.22. The van der Waals surface area contributed by atoms with Crippen molar-refractivity contribution in [2.45, 2.75) is 17.3 Å². The molecule has 2 aromatic heterocycles. The fraction of sp³-hybridized carbons (Fsp3) is 0.300. The summed E-state index contributed by atoms with van der Waals surface area (Å²) >= 11 is 1.20. The Morgan fingerprint density at radius 1 is 1.44 bits per heavy atom. The van der Waals surface area contributed by atoms with Gasteiger partial charge in [-0.2, -0.15) is 0 Å². The molecule has 0 aromatic carbocycles. The van der Waals surface area contributed by atoms with Crippen molar-refractivity contribution < 1.29 is 12.9 Å². The molecule has 0 aliphatic rings. The van der Waals surface area contributed by atoms with E-state index in [2.05, 4.69) is 15.2 Å². The predicted octanol–water partition coefficient (Wildman–Crippen LogP) is 0.934. The summed E-state index contributed by atoms with van der Waals surface area (Å²) in [6.07, 6.45) is 1.47. The van der Waals surface area contributed by atoms with E-state index in [1.807, 2.05) is 12.4 Å². The molecule has 0 amide bonds. The van der Waals surface area contributed by atoms with Crippen molar-refractivity contribution in [3.05, 3.63) is 35.0 Å². The van der Waals surface area contributed by atoms with Gasteiger partial charge in [-0.3, -0.25) is 0 Å². The largest absolute Gasteiger partial charge is 0.360 e. The molecule has 0 radical (unpaired) electrons. The predicted molar refractivity (Wildman–Crippen MR) is 67.6 cm³/mol. The van der Waals surface area contributed by atoms with E-state index in [1.165, 1.54) is 17.5 Å². The van der Waals surface area contributed by atoms with Crippen molar-refractivity contribution in [1.29, 1.82) is 0 Å². The first-order chi connectivity index (χ1) is 8.62. The van der Waals surface area contributed by atoms with Crippen LogP contribution in [0.3, 0.4) is 0 Å². The fourth-order valence-electron chi connectivity index (χ4n) is 1.36. The van der Waals surface area contributed by atoms with Crippen LogP contribution in [0.1, 0.15) is 11.3 Å². The Hall–Kier alpha value is -1.22. The van der Waals surface area contributed by atoms with E-state index >= 15 is 0 Å². The van der Waals surface area contributed by atoms with Crippen molar-refractivity contribution in [2.24, 2.45) is 0 Å². The molecule has 2 N–H and O–H groups in total. The van der Waals surface area contributed by atoms with Crippen molar-refractivity contribution in [3.8, 4) is 0 Å². The maximum atomic E-state index is 12.0. The van der Waals surface area contributed by atoms with Crippen LogP contribution >= 0.6 is 11.3 Å². The molecule has 0 saturated carbocycles. The third-order valence-electron chi connectivity index (χ3n) is 2.20. The zero-order chi connectivity index (χ0) is 13.0. The zero-order valence-corrected chi connectivity index (χ0v) is 11.3. The van der Waals surface area contributed by atoms with Crippen LogP contribution in [-0.2, 0) is 23.1 Å². The molecule has 0 saturated heterocycles. The molecule has 0 unspecified atom stereocenters. The van der Waals surface area contributed by atoms with Crippen LogP contribution < -0.4 is 10.0 Å². The van der Waals surface area contributed by atoms with Gasteiger partial charge in [-0.15, -0.1) is 11.3 Å². The van der Waals surface area contributed by atoms with Gasteiger partial charge in [0.25, 0.3) is 0 Å². The van der Waals surface area contributed by atoms with E-state index in [9.17, 15) is 8.42 Å². The van der Waals surface area contributed by atoms with Crippen LogP contribution in [0.2, 0.25) is 0 Å².